The van der Waals surface area contributed by atoms with E-state index >= 15 is 0 Å². The number of rotatable bonds is 2. The minimum absolute atomic E-state index is 0.00960. The van der Waals surface area contributed by atoms with Crippen molar-refractivity contribution < 1.29 is 19.1 Å². The lowest BCUT2D eigenvalue weighted by Crippen LogP contribution is -2.51. The summed E-state index contributed by atoms with van der Waals surface area (Å²) in [6.45, 7) is 0. The molecule has 4 nitrogen and oxygen atoms in total. The lowest BCUT2D eigenvalue weighted by Gasteiger charge is -2.29. The molecule has 0 atom stereocenters. The second-order valence-electron chi connectivity index (χ2n) is 5.53. The van der Waals surface area contributed by atoms with Crippen LogP contribution in [0.2, 0.25) is 0 Å². The summed E-state index contributed by atoms with van der Waals surface area (Å²) in [5.74, 6) is 0.537. The summed E-state index contributed by atoms with van der Waals surface area (Å²) in [6, 6.07) is 14.4. The Morgan fingerprint density at radius 1 is 1.05 bits per heavy atom. The number of nitrogens with zero attached hydrogens (tertiary/aromatic N) is 1. The molecule has 0 radical (unpaired) electrons. The molecule has 1 amide bonds. The topological polar surface area (TPSA) is 43.4 Å². The van der Waals surface area contributed by atoms with Crippen molar-refractivity contribution in [2.24, 2.45) is 0 Å². The van der Waals surface area contributed by atoms with Gasteiger partial charge in [-0.05, 0) is 6.07 Å². The van der Waals surface area contributed by atoms with Gasteiger partial charge in [-0.15, -0.1) is 0 Å². The third-order valence-electron chi connectivity index (χ3n) is 3.63. The van der Waals surface area contributed by atoms with Gasteiger partial charge in [0, 0.05) is 16.7 Å². The molecule has 0 saturated heterocycles. The van der Waals surface area contributed by atoms with Crippen molar-refractivity contribution in [1.29, 1.82) is 0 Å². The second kappa shape index (κ2) is 4.82. The molecule has 2 aromatic rings. The van der Waals surface area contributed by atoms with Gasteiger partial charge in [-0.25, -0.2) is 4.79 Å². The zero-order chi connectivity index (χ0) is 15.0. The molecule has 1 heterocycles. The predicted octanol–water partition coefficient (Wildman–Crippen LogP) is 2.37. The highest BCUT2D eigenvalue weighted by Crippen LogP contribution is 2.29. The first-order chi connectivity index (χ1) is 9.97. The smallest absolute Gasteiger partial charge is 0.308 e. The second-order valence-corrected chi connectivity index (χ2v) is 5.53. The molecular formula is C17H16NO3+. The molecule has 1 aliphatic rings. The summed E-state index contributed by atoms with van der Waals surface area (Å²) in [7, 11) is 3.38. The number of amides is 1. The third kappa shape index (κ3) is 2.45. The molecule has 106 valence electrons. The van der Waals surface area contributed by atoms with E-state index in [1.54, 1.807) is 44.4 Å². The Morgan fingerprint density at radius 2 is 1.76 bits per heavy atom. The molecule has 3 rings (SSSR count). The van der Waals surface area contributed by atoms with Gasteiger partial charge >= 0.3 is 5.91 Å². The summed E-state index contributed by atoms with van der Waals surface area (Å²) in [6.07, 6.45) is 0.322. The first-order valence-corrected chi connectivity index (χ1v) is 6.77. The number of benzene rings is 2. The number of carbonyl (C=O) groups excluding carboxylic acids is 2. The van der Waals surface area contributed by atoms with E-state index in [0.717, 1.165) is 5.56 Å². The number of ketones is 1. The Morgan fingerprint density at radius 3 is 2.48 bits per heavy atom. The van der Waals surface area contributed by atoms with E-state index in [0.29, 0.717) is 23.3 Å². The monoisotopic (exact) mass is 282 g/mol. The quantitative estimate of drug-likeness (QED) is 0.627. The van der Waals surface area contributed by atoms with Crippen LogP contribution in [0.4, 0.5) is 0 Å². The molecule has 0 N–H and O–H groups in total. The average molecular weight is 282 g/mol. The van der Waals surface area contributed by atoms with Crippen molar-refractivity contribution in [3.63, 3.8) is 0 Å². The number of fused-ring (bicyclic) bond motifs is 1. The number of quaternary nitrogens is 1. The Bertz CT molecular complexity index is 720. The summed E-state index contributed by atoms with van der Waals surface area (Å²) in [5, 5.41) is 0. The lowest BCUT2D eigenvalue weighted by atomic mass is 9.99. The van der Waals surface area contributed by atoms with Crippen LogP contribution in [0.3, 0.4) is 0 Å². The van der Waals surface area contributed by atoms with E-state index in [1.807, 2.05) is 18.2 Å². The fraction of sp³-hybridized carbons (Fsp3) is 0.176. The van der Waals surface area contributed by atoms with Gasteiger partial charge in [-0.2, -0.15) is 0 Å². The Hall–Kier alpha value is -2.46. The van der Waals surface area contributed by atoms with E-state index in [-0.39, 0.29) is 16.3 Å². The molecule has 0 bridgehead atoms. The van der Waals surface area contributed by atoms with Crippen molar-refractivity contribution in [2.45, 2.75) is 6.42 Å². The molecular weight excluding hydrogens is 266 g/mol. The maximum Gasteiger partial charge on any atom is 0.358 e. The van der Waals surface area contributed by atoms with E-state index in [2.05, 4.69) is 0 Å². The van der Waals surface area contributed by atoms with Crippen LogP contribution in [0.25, 0.3) is 0 Å². The number of likely N-dealkylation sites (N-methyl/N-ethyl adjacent to an activating group) is 1. The van der Waals surface area contributed by atoms with Crippen LogP contribution in [-0.2, 0) is 11.2 Å². The number of hydrogen-bond acceptors (Lipinski definition) is 3. The SMILES string of the molecule is C[N+]1(C)Oc2cc(C(=O)c3ccccc3)ccc2CC1=O. The van der Waals surface area contributed by atoms with E-state index < -0.39 is 0 Å². The largest absolute Gasteiger partial charge is 0.358 e. The zero-order valence-corrected chi connectivity index (χ0v) is 12.0. The van der Waals surface area contributed by atoms with Gasteiger partial charge in [0.15, 0.2) is 11.5 Å². The van der Waals surface area contributed by atoms with Crippen molar-refractivity contribution >= 4 is 11.7 Å². The van der Waals surface area contributed by atoms with E-state index in [1.165, 1.54) is 0 Å². The Balaban J connectivity index is 1.97. The van der Waals surface area contributed by atoms with Gasteiger partial charge in [0.1, 0.15) is 14.1 Å². The van der Waals surface area contributed by atoms with Gasteiger partial charge in [0.05, 0.1) is 6.42 Å². The summed E-state index contributed by atoms with van der Waals surface area (Å²) < 4.78 is -0.157. The molecule has 0 aliphatic carbocycles. The highest BCUT2D eigenvalue weighted by Gasteiger charge is 2.36. The van der Waals surface area contributed by atoms with Crippen molar-refractivity contribution in [2.75, 3.05) is 14.1 Å². The molecule has 0 saturated carbocycles. The van der Waals surface area contributed by atoms with Gasteiger partial charge in [0.25, 0.3) is 0 Å². The molecule has 0 spiro atoms. The zero-order valence-electron chi connectivity index (χ0n) is 12.0. The maximum absolute atomic E-state index is 12.4. The highest BCUT2D eigenvalue weighted by atomic mass is 16.7. The highest BCUT2D eigenvalue weighted by molar-refractivity contribution is 6.09. The standard InChI is InChI=1S/C17H16NO3/c1-18(2)16(19)11-13-8-9-14(10-15(13)21-18)17(20)12-6-4-3-5-7-12/h3-10H,11H2,1-2H3/q+1. The fourth-order valence-electron chi connectivity index (χ4n) is 2.33. The third-order valence-corrected chi connectivity index (χ3v) is 3.63. The van der Waals surface area contributed by atoms with Crippen molar-refractivity contribution in [3.05, 3.63) is 65.2 Å². The first kappa shape index (κ1) is 13.5. The minimum Gasteiger partial charge on any atom is -0.308 e. The van der Waals surface area contributed by atoms with Crippen LogP contribution in [0, 0.1) is 0 Å². The average Bonchev–Trinajstić information content (AvgIpc) is 2.48. The summed E-state index contributed by atoms with van der Waals surface area (Å²) >= 11 is 0. The van der Waals surface area contributed by atoms with Crippen molar-refractivity contribution in [1.82, 2.24) is 0 Å². The van der Waals surface area contributed by atoms with E-state index in [9.17, 15) is 9.59 Å². The Kier molecular flexibility index (Phi) is 3.11. The predicted molar refractivity (Wildman–Crippen MR) is 77.8 cm³/mol. The first-order valence-electron chi connectivity index (χ1n) is 6.77. The van der Waals surface area contributed by atoms with E-state index in [4.69, 9.17) is 4.84 Å². The number of hydrogen-bond donors (Lipinski definition) is 0. The molecule has 0 aromatic heterocycles. The molecule has 4 heteroatoms. The molecule has 2 aromatic carbocycles. The van der Waals surface area contributed by atoms with Crippen LogP contribution in [-0.4, -0.2) is 30.4 Å². The minimum atomic E-state index is -0.157. The maximum atomic E-state index is 12.4. The van der Waals surface area contributed by atoms with Gasteiger partial charge in [-0.1, -0.05) is 47.1 Å². The Labute approximate surface area is 123 Å². The van der Waals surface area contributed by atoms with Crippen LogP contribution < -0.4 is 4.84 Å². The lowest BCUT2D eigenvalue weighted by molar-refractivity contribution is -0.984. The van der Waals surface area contributed by atoms with Crippen molar-refractivity contribution in [3.8, 4) is 5.75 Å². The molecule has 0 fully saturated rings. The number of carbonyl (C=O) groups is 2. The molecule has 21 heavy (non-hydrogen) atoms. The summed E-state index contributed by atoms with van der Waals surface area (Å²) in [4.78, 5) is 30.0. The fourth-order valence-corrected chi connectivity index (χ4v) is 2.33. The van der Waals surface area contributed by atoms with Gasteiger partial charge in [0.2, 0.25) is 0 Å². The number of hydroxylamine groups is 3. The van der Waals surface area contributed by atoms with Crippen LogP contribution in [0.1, 0.15) is 21.5 Å². The van der Waals surface area contributed by atoms with Crippen LogP contribution in [0.15, 0.2) is 48.5 Å². The molecule has 1 aliphatic heterocycles. The van der Waals surface area contributed by atoms with Gasteiger partial charge in [-0.3, -0.25) is 4.79 Å². The van der Waals surface area contributed by atoms with Crippen LogP contribution in [0.5, 0.6) is 5.75 Å². The van der Waals surface area contributed by atoms with Gasteiger partial charge < -0.3 is 4.84 Å². The normalized spacial score (nSPS) is 16.0. The summed E-state index contributed by atoms with van der Waals surface area (Å²) in [5.41, 5.74) is 2.02. The molecule has 0 unspecified atom stereocenters. The van der Waals surface area contributed by atoms with Crippen LogP contribution >= 0.6 is 0 Å².